The van der Waals surface area contributed by atoms with Crippen LogP contribution in [0.1, 0.15) is 17.3 Å². The molecule has 0 N–H and O–H groups in total. The van der Waals surface area contributed by atoms with E-state index in [1.807, 2.05) is 0 Å². The Morgan fingerprint density at radius 1 is 1.04 bits per heavy atom. The second-order valence-electron chi connectivity index (χ2n) is 4.30. The Kier molecular flexibility index (Phi) is 5.89. The van der Waals surface area contributed by atoms with Gasteiger partial charge in [-0.25, -0.2) is 9.59 Å². The van der Waals surface area contributed by atoms with Gasteiger partial charge in [-0.2, -0.15) is 0 Å². The van der Waals surface area contributed by atoms with E-state index in [2.05, 4.69) is 11.3 Å². The van der Waals surface area contributed by atoms with Crippen LogP contribution in [0.25, 0.3) is 0 Å². The van der Waals surface area contributed by atoms with Crippen molar-refractivity contribution in [3.05, 3.63) is 56.1 Å². The largest absolute Gasteiger partial charge is 0.459 e. The van der Waals surface area contributed by atoms with Crippen molar-refractivity contribution in [3.8, 4) is 0 Å². The van der Waals surface area contributed by atoms with Gasteiger partial charge in [-0.05, 0) is 6.92 Å². The number of non-ortho nitro benzene ring substituents is 2. The third-order valence-corrected chi connectivity index (χ3v) is 2.46. The van der Waals surface area contributed by atoms with Crippen molar-refractivity contribution in [2.24, 2.45) is 0 Å². The molecule has 10 nitrogen and oxygen atoms in total. The van der Waals surface area contributed by atoms with E-state index in [4.69, 9.17) is 4.74 Å². The van der Waals surface area contributed by atoms with Crippen molar-refractivity contribution in [2.45, 2.75) is 6.92 Å². The monoisotopic (exact) mass is 324 g/mol. The molecule has 122 valence electrons. The van der Waals surface area contributed by atoms with Gasteiger partial charge in [0, 0.05) is 17.7 Å². The maximum absolute atomic E-state index is 11.7. The summed E-state index contributed by atoms with van der Waals surface area (Å²) in [5.74, 6) is -1.67. The number of carbonyl (C=O) groups excluding carboxylic acids is 2. The molecule has 0 saturated heterocycles. The van der Waals surface area contributed by atoms with Crippen LogP contribution < -0.4 is 0 Å². The van der Waals surface area contributed by atoms with Crippen molar-refractivity contribution < 1.29 is 28.9 Å². The zero-order valence-corrected chi connectivity index (χ0v) is 12.0. The topological polar surface area (TPSA) is 139 Å². The minimum absolute atomic E-state index is 0.172. The zero-order valence-electron chi connectivity index (χ0n) is 12.0. The van der Waals surface area contributed by atoms with Crippen LogP contribution in [0.5, 0.6) is 0 Å². The summed E-state index contributed by atoms with van der Waals surface area (Å²) in [6.45, 7) is 4.25. The summed E-state index contributed by atoms with van der Waals surface area (Å²) >= 11 is 0. The molecule has 23 heavy (non-hydrogen) atoms. The van der Waals surface area contributed by atoms with Crippen LogP contribution in [-0.2, 0) is 14.3 Å². The van der Waals surface area contributed by atoms with Gasteiger partial charge in [-0.3, -0.25) is 20.2 Å². The molecule has 0 spiro atoms. The van der Waals surface area contributed by atoms with Crippen LogP contribution in [0.2, 0.25) is 0 Å². The van der Waals surface area contributed by atoms with Gasteiger partial charge in [-0.15, -0.1) is 0 Å². The van der Waals surface area contributed by atoms with Gasteiger partial charge in [0.15, 0.2) is 0 Å². The van der Waals surface area contributed by atoms with E-state index < -0.39 is 33.2 Å². The van der Waals surface area contributed by atoms with Gasteiger partial charge in [0.2, 0.25) is 0 Å². The fourth-order valence-corrected chi connectivity index (χ4v) is 1.40. The van der Waals surface area contributed by atoms with E-state index in [1.165, 1.54) is 6.92 Å². The highest BCUT2D eigenvalue weighted by Crippen LogP contribution is 2.23. The Morgan fingerprint density at radius 2 is 1.52 bits per heavy atom. The highest BCUT2D eigenvalue weighted by atomic mass is 16.6. The predicted octanol–water partition coefficient (Wildman–Crippen LogP) is 1.78. The standard InChI is InChI=1S/C13H12N2O8/c1-8(2)12(16)22-3-4-23-13(17)9-5-10(14(18)19)7-11(6-9)15(20)21/h5-7H,1,3-4H2,2H3. The maximum atomic E-state index is 11.7. The van der Waals surface area contributed by atoms with Gasteiger partial charge in [0.05, 0.1) is 21.5 Å². The first-order valence-electron chi connectivity index (χ1n) is 6.16. The molecule has 0 heterocycles. The predicted molar refractivity (Wildman–Crippen MR) is 75.8 cm³/mol. The van der Waals surface area contributed by atoms with Crippen LogP contribution in [-0.4, -0.2) is 35.0 Å². The molecule has 0 bridgehead atoms. The Hall–Kier alpha value is -3.30. The molecule has 0 unspecified atom stereocenters. The Morgan fingerprint density at radius 3 is 1.96 bits per heavy atom. The Bertz CT molecular complexity index is 650. The smallest absolute Gasteiger partial charge is 0.338 e. The quantitative estimate of drug-likeness (QED) is 0.243. The summed E-state index contributed by atoms with van der Waals surface area (Å²) < 4.78 is 9.42. The molecular formula is C13H12N2O8. The summed E-state index contributed by atoms with van der Waals surface area (Å²) in [7, 11) is 0. The molecule has 0 aliphatic heterocycles. The molecule has 0 amide bonds. The number of nitrogens with zero attached hydrogens (tertiary/aromatic N) is 2. The van der Waals surface area contributed by atoms with Crippen molar-refractivity contribution in [3.63, 3.8) is 0 Å². The van der Waals surface area contributed by atoms with Crippen LogP contribution in [0.4, 0.5) is 11.4 Å². The number of esters is 2. The highest BCUT2D eigenvalue weighted by molar-refractivity contribution is 5.91. The first kappa shape index (κ1) is 17.8. The van der Waals surface area contributed by atoms with E-state index in [9.17, 15) is 29.8 Å². The lowest BCUT2D eigenvalue weighted by Crippen LogP contribution is -2.14. The normalized spacial score (nSPS) is 9.78. The minimum Gasteiger partial charge on any atom is -0.459 e. The molecule has 0 aromatic heterocycles. The van der Waals surface area contributed by atoms with Crippen molar-refractivity contribution in [1.29, 1.82) is 0 Å². The highest BCUT2D eigenvalue weighted by Gasteiger charge is 2.20. The lowest BCUT2D eigenvalue weighted by Gasteiger charge is -2.06. The average Bonchev–Trinajstić information content (AvgIpc) is 2.50. The number of rotatable bonds is 7. The SMILES string of the molecule is C=C(C)C(=O)OCCOC(=O)c1cc([N+](=O)[O-])cc([N+](=O)[O-])c1. The zero-order chi connectivity index (χ0) is 17.6. The Labute approximate surface area is 129 Å². The second-order valence-corrected chi connectivity index (χ2v) is 4.30. The number of hydrogen-bond acceptors (Lipinski definition) is 8. The number of nitro groups is 2. The van der Waals surface area contributed by atoms with Gasteiger partial charge in [0.25, 0.3) is 11.4 Å². The van der Waals surface area contributed by atoms with Gasteiger partial charge < -0.3 is 9.47 Å². The van der Waals surface area contributed by atoms with Crippen LogP contribution in [0, 0.1) is 20.2 Å². The molecule has 1 rings (SSSR count). The number of nitro benzene ring substituents is 2. The molecule has 0 saturated carbocycles. The molecule has 1 aromatic carbocycles. The van der Waals surface area contributed by atoms with E-state index >= 15 is 0 Å². The number of ether oxygens (including phenoxy) is 2. The van der Waals surface area contributed by atoms with E-state index in [0.717, 1.165) is 18.2 Å². The fourth-order valence-electron chi connectivity index (χ4n) is 1.40. The first-order valence-corrected chi connectivity index (χ1v) is 6.16. The summed E-state index contributed by atoms with van der Waals surface area (Å²) in [5.41, 5.74) is -1.40. The number of benzene rings is 1. The summed E-state index contributed by atoms with van der Waals surface area (Å²) in [6, 6.07) is 2.44. The molecule has 0 radical (unpaired) electrons. The Balaban J connectivity index is 2.75. The third-order valence-electron chi connectivity index (χ3n) is 2.46. The number of hydrogen-bond donors (Lipinski definition) is 0. The minimum atomic E-state index is -1.01. The van der Waals surface area contributed by atoms with Crippen molar-refractivity contribution >= 4 is 23.3 Å². The molecule has 0 atom stereocenters. The maximum Gasteiger partial charge on any atom is 0.338 e. The van der Waals surface area contributed by atoms with E-state index in [0.29, 0.717) is 0 Å². The summed E-state index contributed by atoms with van der Waals surface area (Å²) in [6.07, 6.45) is 0. The number of carbonyl (C=O) groups is 2. The van der Waals surface area contributed by atoms with E-state index in [-0.39, 0.29) is 24.4 Å². The first-order chi connectivity index (χ1) is 10.7. The fraction of sp³-hybridized carbons (Fsp3) is 0.231. The van der Waals surface area contributed by atoms with Crippen LogP contribution >= 0.6 is 0 Å². The average molecular weight is 324 g/mol. The van der Waals surface area contributed by atoms with Gasteiger partial charge >= 0.3 is 11.9 Å². The summed E-state index contributed by atoms with van der Waals surface area (Å²) in [4.78, 5) is 42.5. The molecule has 10 heteroatoms. The van der Waals surface area contributed by atoms with Gasteiger partial charge in [0.1, 0.15) is 13.2 Å². The van der Waals surface area contributed by atoms with E-state index in [1.54, 1.807) is 0 Å². The van der Waals surface area contributed by atoms with Crippen LogP contribution in [0.3, 0.4) is 0 Å². The second kappa shape index (κ2) is 7.64. The van der Waals surface area contributed by atoms with Crippen molar-refractivity contribution in [2.75, 3.05) is 13.2 Å². The summed E-state index contributed by atoms with van der Waals surface area (Å²) in [5, 5.41) is 21.4. The van der Waals surface area contributed by atoms with Gasteiger partial charge in [-0.1, -0.05) is 6.58 Å². The molecule has 0 aliphatic carbocycles. The lowest BCUT2D eigenvalue weighted by molar-refractivity contribution is -0.394. The van der Waals surface area contributed by atoms with Crippen LogP contribution in [0.15, 0.2) is 30.4 Å². The molecule has 1 aromatic rings. The molecule has 0 fully saturated rings. The molecule has 0 aliphatic rings. The van der Waals surface area contributed by atoms with Crippen molar-refractivity contribution in [1.82, 2.24) is 0 Å². The third kappa shape index (κ3) is 5.19. The molecular weight excluding hydrogens is 312 g/mol. The lowest BCUT2D eigenvalue weighted by atomic mass is 10.2.